The van der Waals surface area contributed by atoms with Crippen molar-refractivity contribution in [2.45, 2.75) is 59.8 Å². The van der Waals surface area contributed by atoms with E-state index >= 15 is 0 Å². The number of carbonyl (C=O) groups excluding carboxylic acids is 1. The fourth-order valence-electron chi connectivity index (χ4n) is 2.81. The maximum Gasteiger partial charge on any atom is 0.333 e. The van der Waals surface area contributed by atoms with Crippen LogP contribution in [0.5, 0.6) is 0 Å². The minimum absolute atomic E-state index is 0.270. The smallest absolute Gasteiger partial charge is 0.333 e. The van der Waals surface area contributed by atoms with Crippen LogP contribution < -0.4 is 0 Å². The lowest BCUT2D eigenvalue weighted by Crippen LogP contribution is -2.11. The van der Waals surface area contributed by atoms with Crippen LogP contribution in [0.15, 0.2) is 12.2 Å². The zero-order chi connectivity index (χ0) is 14.1. The Morgan fingerprint density at radius 1 is 1.11 bits per heavy atom. The van der Waals surface area contributed by atoms with Crippen molar-refractivity contribution < 1.29 is 9.53 Å². The maximum atomic E-state index is 11.3. The van der Waals surface area contributed by atoms with Crippen LogP contribution in [0.3, 0.4) is 0 Å². The van der Waals surface area contributed by atoms with Crippen LogP contribution in [-0.4, -0.2) is 13.1 Å². The molecule has 0 aliphatic heterocycles. The van der Waals surface area contributed by atoms with Crippen LogP contribution in [0.1, 0.15) is 59.8 Å². The Labute approximate surface area is 113 Å². The van der Waals surface area contributed by atoms with E-state index in [2.05, 4.69) is 39.0 Å². The molecular weight excluding hydrogens is 224 g/mol. The van der Waals surface area contributed by atoms with Crippen LogP contribution in [0.25, 0.3) is 0 Å². The third kappa shape index (κ3) is 7.52. The highest BCUT2D eigenvalue weighted by Crippen LogP contribution is 2.25. The second-order valence-corrected chi connectivity index (χ2v) is 5.87. The molecule has 0 spiro atoms. The molecule has 0 amide bonds. The van der Waals surface area contributed by atoms with Gasteiger partial charge in [-0.25, -0.2) is 4.79 Å². The summed E-state index contributed by atoms with van der Waals surface area (Å²) in [7, 11) is 1.41. The van der Waals surface area contributed by atoms with Crippen molar-refractivity contribution >= 4 is 5.97 Å². The highest BCUT2D eigenvalue weighted by molar-refractivity contribution is 5.87. The third-order valence-corrected chi connectivity index (χ3v) is 3.46. The molecule has 0 aromatic heterocycles. The molecule has 0 heterocycles. The molecule has 0 aromatic carbocycles. The molecule has 18 heavy (non-hydrogen) atoms. The van der Waals surface area contributed by atoms with Crippen molar-refractivity contribution in [1.29, 1.82) is 0 Å². The number of ether oxygens (including phenoxy) is 1. The Hall–Kier alpha value is -0.790. The van der Waals surface area contributed by atoms with Gasteiger partial charge in [0.25, 0.3) is 0 Å². The zero-order valence-corrected chi connectivity index (χ0v) is 12.8. The fourth-order valence-corrected chi connectivity index (χ4v) is 2.81. The largest absolute Gasteiger partial charge is 0.466 e. The first-order valence-electron chi connectivity index (χ1n) is 7.16. The topological polar surface area (TPSA) is 26.3 Å². The van der Waals surface area contributed by atoms with Crippen molar-refractivity contribution in [2.75, 3.05) is 7.11 Å². The Morgan fingerprint density at radius 2 is 1.67 bits per heavy atom. The molecule has 0 saturated heterocycles. The lowest BCUT2D eigenvalue weighted by molar-refractivity contribution is -0.136. The van der Waals surface area contributed by atoms with Gasteiger partial charge in [0.15, 0.2) is 0 Å². The highest BCUT2D eigenvalue weighted by Gasteiger charge is 2.15. The number of hydrogen-bond acceptors (Lipinski definition) is 2. The summed E-state index contributed by atoms with van der Waals surface area (Å²) in [6.45, 7) is 12.9. The van der Waals surface area contributed by atoms with E-state index in [1.54, 1.807) is 0 Å². The van der Waals surface area contributed by atoms with Crippen LogP contribution in [0.4, 0.5) is 0 Å². The quantitative estimate of drug-likeness (QED) is 0.444. The standard InChI is InChI=1S/C16H30O2/c1-7-8-12(2)9-13(3)10-14(4)11-15(5)16(17)18-6/h12-14H,5,7-11H2,1-4,6H3/t12-,13-,14-/m1/s1. The molecule has 0 saturated carbocycles. The Kier molecular flexibility index (Phi) is 8.78. The van der Waals surface area contributed by atoms with Crippen LogP contribution >= 0.6 is 0 Å². The summed E-state index contributed by atoms with van der Waals surface area (Å²) < 4.78 is 4.68. The predicted octanol–water partition coefficient (Wildman–Crippen LogP) is 4.59. The first-order chi connectivity index (χ1) is 8.40. The molecule has 0 aromatic rings. The summed E-state index contributed by atoms with van der Waals surface area (Å²) in [5, 5.41) is 0. The fraction of sp³-hybridized carbons (Fsp3) is 0.812. The molecule has 0 aliphatic carbocycles. The normalized spacial score (nSPS) is 15.8. The van der Waals surface area contributed by atoms with Gasteiger partial charge in [0.1, 0.15) is 0 Å². The molecule has 2 heteroatoms. The van der Waals surface area contributed by atoms with Gasteiger partial charge >= 0.3 is 5.97 Å². The van der Waals surface area contributed by atoms with Gasteiger partial charge in [0.2, 0.25) is 0 Å². The van der Waals surface area contributed by atoms with E-state index in [0.29, 0.717) is 17.4 Å². The number of esters is 1. The molecule has 106 valence electrons. The summed E-state index contributed by atoms with van der Waals surface area (Å²) in [5.41, 5.74) is 0.596. The minimum atomic E-state index is -0.270. The third-order valence-electron chi connectivity index (χ3n) is 3.46. The van der Waals surface area contributed by atoms with E-state index in [4.69, 9.17) is 0 Å². The van der Waals surface area contributed by atoms with E-state index in [9.17, 15) is 4.79 Å². The van der Waals surface area contributed by atoms with Crippen molar-refractivity contribution in [1.82, 2.24) is 0 Å². The van der Waals surface area contributed by atoms with Crippen molar-refractivity contribution in [3.8, 4) is 0 Å². The maximum absolute atomic E-state index is 11.3. The Morgan fingerprint density at radius 3 is 2.17 bits per heavy atom. The lowest BCUT2D eigenvalue weighted by Gasteiger charge is -2.20. The number of rotatable bonds is 9. The SMILES string of the molecule is C=C(C[C@H](C)C[C@H](C)C[C@H](C)CCC)C(=O)OC. The average molecular weight is 254 g/mol. The first kappa shape index (κ1) is 17.2. The van der Waals surface area contributed by atoms with Gasteiger partial charge in [0.05, 0.1) is 7.11 Å². The van der Waals surface area contributed by atoms with Crippen molar-refractivity contribution in [3.63, 3.8) is 0 Å². The van der Waals surface area contributed by atoms with E-state index in [1.807, 2.05) is 0 Å². The van der Waals surface area contributed by atoms with Gasteiger partial charge in [-0.2, -0.15) is 0 Å². The van der Waals surface area contributed by atoms with Crippen LogP contribution in [0.2, 0.25) is 0 Å². The second kappa shape index (κ2) is 9.18. The van der Waals surface area contributed by atoms with Crippen molar-refractivity contribution in [2.24, 2.45) is 17.8 Å². The van der Waals surface area contributed by atoms with Gasteiger partial charge in [-0.3, -0.25) is 0 Å². The summed E-state index contributed by atoms with van der Waals surface area (Å²) in [4.78, 5) is 11.3. The Balaban J connectivity index is 3.96. The molecule has 0 radical (unpaired) electrons. The summed E-state index contributed by atoms with van der Waals surface area (Å²) in [5.74, 6) is 1.75. The summed E-state index contributed by atoms with van der Waals surface area (Å²) in [6.07, 6.45) is 5.77. The van der Waals surface area contributed by atoms with Gasteiger partial charge in [0, 0.05) is 5.57 Å². The molecule has 0 unspecified atom stereocenters. The molecule has 3 atom stereocenters. The van der Waals surface area contributed by atoms with Crippen LogP contribution in [-0.2, 0) is 9.53 Å². The van der Waals surface area contributed by atoms with Gasteiger partial charge < -0.3 is 4.74 Å². The molecule has 0 bridgehead atoms. The molecule has 0 fully saturated rings. The van der Waals surface area contributed by atoms with E-state index in [1.165, 1.54) is 26.4 Å². The average Bonchev–Trinajstić information content (AvgIpc) is 2.27. The minimum Gasteiger partial charge on any atom is -0.466 e. The second-order valence-electron chi connectivity index (χ2n) is 5.87. The number of carbonyl (C=O) groups is 1. The van der Waals surface area contributed by atoms with E-state index < -0.39 is 0 Å². The van der Waals surface area contributed by atoms with E-state index in [-0.39, 0.29) is 5.97 Å². The lowest BCUT2D eigenvalue weighted by atomic mass is 9.86. The number of hydrogen-bond donors (Lipinski definition) is 0. The summed E-state index contributed by atoms with van der Waals surface area (Å²) in [6, 6.07) is 0. The Bertz CT molecular complexity index is 258. The van der Waals surface area contributed by atoms with Gasteiger partial charge in [-0.05, 0) is 37.0 Å². The molecule has 0 rings (SSSR count). The van der Waals surface area contributed by atoms with Gasteiger partial charge in [-0.1, -0.05) is 47.1 Å². The molecule has 0 N–H and O–H groups in total. The monoisotopic (exact) mass is 254 g/mol. The summed E-state index contributed by atoms with van der Waals surface area (Å²) >= 11 is 0. The van der Waals surface area contributed by atoms with Gasteiger partial charge in [-0.15, -0.1) is 0 Å². The zero-order valence-electron chi connectivity index (χ0n) is 12.8. The van der Waals surface area contributed by atoms with Crippen molar-refractivity contribution in [3.05, 3.63) is 12.2 Å². The highest BCUT2D eigenvalue weighted by atomic mass is 16.5. The molecular formula is C16H30O2. The van der Waals surface area contributed by atoms with E-state index in [0.717, 1.165) is 18.8 Å². The molecule has 0 aliphatic rings. The number of methoxy groups -OCH3 is 1. The molecule has 2 nitrogen and oxygen atoms in total. The first-order valence-corrected chi connectivity index (χ1v) is 7.16. The van der Waals surface area contributed by atoms with Crippen LogP contribution in [0, 0.1) is 17.8 Å². The predicted molar refractivity (Wildman–Crippen MR) is 77.4 cm³/mol.